The van der Waals surface area contributed by atoms with Crippen molar-refractivity contribution in [1.29, 1.82) is 0 Å². The summed E-state index contributed by atoms with van der Waals surface area (Å²) >= 11 is 0. The molecule has 15 heavy (non-hydrogen) atoms. The van der Waals surface area contributed by atoms with E-state index in [1.165, 1.54) is 0 Å². The first-order valence-electron chi connectivity index (χ1n) is 5.44. The largest absolute Gasteiger partial charge is 0.386 e. The standard InChI is InChI=1S/C10H20N2O3/c1-2-4-11-6-9(13)12-7-10(14)3-5-15-8-10/h11,14H,2-8H2,1H3,(H,12,13). The lowest BCUT2D eigenvalue weighted by atomic mass is 10.0. The summed E-state index contributed by atoms with van der Waals surface area (Å²) in [6.07, 6.45) is 1.60. The average Bonchev–Trinajstić information content (AvgIpc) is 2.64. The molecule has 0 saturated carbocycles. The first-order valence-corrected chi connectivity index (χ1v) is 5.44. The summed E-state index contributed by atoms with van der Waals surface area (Å²) < 4.78 is 5.07. The highest BCUT2D eigenvalue weighted by Gasteiger charge is 2.32. The Morgan fingerprint density at radius 2 is 2.40 bits per heavy atom. The molecular formula is C10H20N2O3. The second-order valence-corrected chi connectivity index (χ2v) is 3.98. The fourth-order valence-electron chi connectivity index (χ4n) is 1.44. The van der Waals surface area contributed by atoms with Gasteiger partial charge in [0.05, 0.1) is 13.2 Å². The number of ether oxygens (including phenoxy) is 1. The Bertz CT molecular complexity index is 203. The van der Waals surface area contributed by atoms with E-state index in [9.17, 15) is 9.90 Å². The monoisotopic (exact) mass is 216 g/mol. The van der Waals surface area contributed by atoms with E-state index in [1.54, 1.807) is 0 Å². The molecule has 1 aliphatic rings. The lowest BCUT2D eigenvalue weighted by Gasteiger charge is -2.20. The van der Waals surface area contributed by atoms with Crippen LogP contribution in [-0.2, 0) is 9.53 Å². The first-order chi connectivity index (χ1) is 7.16. The van der Waals surface area contributed by atoms with Crippen LogP contribution in [0.15, 0.2) is 0 Å². The summed E-state index contributed by atoms with van der Waals surface area (Å²) in [7, 11) is 0. The molecule has 0 bridgehead atoms. The first kappa shape index (κ1) is 12.4. The number of hydrogen-bond donors (Lipinski definition) is 3. The predicted octanol–water partition coefficient (Wildman–Crippen LogP) is -0.746. The van der Waals surface area contributed by atoms with E-state index in [1.807, 2.05) is 6.92 Å². The molecule has 1 saturated heterocycles. The number of hydrogen-bond acceptors (Lipinski definition) is 4. The van der Waals surface area contributed by atoms with Crippen molar-refractivity contribution >= 4 is 5.91 Å². The normalized spacial score (nSPS) is 25.5. The van der Waals surface area contributed by atoms with Crippen LogP contribution in [0.3, 0.4) is 0 Å². The van der Waals surface area contributed by atoms with Gasteiger partial charge in [0.15, 0.2) is 0 Å². The highest BCUT2D eigenvalue weighted by atomic mass is 16.5. The van der Waals surface area contributed by atoms with Crippen molar-refractivity contribution < 1.29 is 14.6 Å². The number of carbonyl (C=O) groups is 1. The Balaban J connectivity index is 2.10. The van der Waals surface area contributed by atoms with Gasteiger partial charge in [-0.2, -0.15) is 0 Å². The molecule has 0 aromatic rings. The van der Waals surface area contributed by atoms with Gasteiger partial charge in [-0.1, -0.05) is 6.92 Å². The Hall–Kier alpha value is -0.650. The molecule has 1 heterocycles. The third-order valence-corrected chi connectivity index (χ3v) is 2.41. The molecule has 88 valence electrons. The number of rotatable bonds is 6. The summed E-state index contributed by atoms with van der Waals surface area (Å²) in [6.45, 7) is 4.35. The molecule has 5 nitrogen and oxygen atoms in total. The molecule has 0 aromatic carbocycles. The van der Waals surface area contributed by atoms with Crippen LogP contribution < -0.4 is 10.6 Å². The highest BCUT2D eigenvalue weighted by molar-refractivity contribution is 5.78. The maximum absolute atomic E-state index is 11.3. The number of amides is 1. The van der Waals surface area contributed by atoms with Gasteiger partial charge < -0.3 is 20.5 Å². The molecule has 3 N–H and O–H groups in total. The summed E-state index contributed by atoms with van der Waals surface area (Å²) in [6, 6.07) is 0. The quantitative estimate of drug-likeness (QED) is 0.511. The summed E-state index contributed by atoms with van der Waals surface area (Å²) in [5, 5.41) is 15.5. The Morgan fingerprint density at radius 1 is 1.60 bits per heavy atom. The lowest BCUT2D eigenvalue weighted by Crippen LogP contribution is -2.45. The van der Waals surface area contributed by atoms with Gasteiger partial charge in [-0.25, -0.2) is 0 Å². The zero-order valence-electron chi connectivity index (χ0n) is 9.21. The summed E-state index contributed by atoms with van der Waals surface area (Å²) in [5.41, 5.74) is -0.861. The van der Waals surface area contributed by atoms with Gasteiger partial charge in [-0.05, 0) is 13.0 Å². The van der Waals surface area contributed by atoms with Gasteiger partial charge in [0.1, 0.15) is 5.60 Å². The van der Waals surface area contributed by atoms with Gasteiger partial charge in [-0.15, -0.1) is 0 Å². The van der Waals surface area contributed by atoms with Crippen LogP contribution in [0.1, 0.15) is 19.8 Å². The van der Waals surface area contributed by atoms with Gasteiger partial charge in [-0.3, -0.25) is 4.79 Å². The molecule has 0 radical (unpaired) electrons. The smallest absolute Gasteiger partial charge is 0.234 e. The molecule has 1 aliphatic heterocycles. The summed E-state index contributed by atoms with van der Waals surface area (Å²) in [5.74, 6) is -0.0798. The van der Waals surface area contributed by atoms with Gasteiger partial charge >= 0.3 is 0 Å². The van der Waals surface area contributed by atoms with Crippen LogP contribution >= 0.6 is 0 Å². The fraction of sp³-hybridized carbons (Fsp3) is 0.900. The minimum Gasteiger partial charge on any atom is -0.386 e. The Morgan fingerprint density at radius 3 is 3.00 bits per heavy atom. The van der Waals surface area contributed by atoms with E-state index in [0.29, 0.717) is 26.2 Å². The SMILES string of the molecule is CCCNCC(=O)NCC1(O)CCOC1. The minimum atomic E-state index is -0.861. The molecule has 1 amide bonds. The summed E-state index contributed by atoms with van der Waals surface area (Å²) in [4.78, 5) is 11.3. The van der Waals surface area contributed by atoms with Crippen molar-refractivity contribution in [2.24, 2.45) is 0 Å². The van der Waals surface area contributed by atoms with Crippen LogP contribution in [0.25, 0.3) is 0 Å². The molecular weight excluding hydrogens is 196 g/mol. The number of aliphatic hydroxyl groups is 1. The van der Waals surface area contributed by atoms with Crippen LogP contribution in [0.2, 0.25) is 0 Å². The molecule has 1 unspecified atom stereocenters. The van der Waals surface area contributed by atoms with Gasteiger partial charge in [0, 0.05) is 19.6 Å². The van der Waals surface area contributed by atoms with Crippen molar-refractivity contribution in [3.05, 3.63) is 0 Å². The Kier molecular flexibility index (Phi) is 5.01. The van der Waals surface area contributed by atoms with E-state index >= 15 is 0 Å². The fourth-order valence-corrected chi connectivity index (χ4v) is 1.44. The van der Waals surface area contributed by atoms with E-state index in [-0.39, 0.29) is 12.5 Å². The van der Waals surface area contributed by atoms with Crippen LogP contribution in [0, 0.1) is 0 Å². The Labute approximate surface area is 90.2 Å². The van der Waals surface area contributed by atoms with Crippen molar-refractivity contribution in [3.8, 4) is 0 Å². The predicted molar refractivity (Wildman–Crippen MR) is 56.6 cm³/mol. The van der Waals surface area contributed by atoms with Crippen molar-refractivity contribution in [1.82, 2.24) is 10.6 Å². The third kappa shape index (κ3) is 4.59. The molecule has 0 aliphatic carbocycles. The highest BCUT2D eigenvalue weighted by Crippen LogP contribution is 2.16. The molecule has 1 rings (SSSR count). The number of nitrogens with one attached hydrogen (secondary N) is 2. The lowest BCUT2D eigenvalue weighted by molar-refractivity contribution is -0.121. The van der Waals surface area contributed by atoms with Crippen LogP contribution in [0.5, 0.6) is 0 Å². The number of carbonyl (C=O) groups excluding carboxylic acids is 1. The molecule has 1 atom stereocenters. The second kappa shape index (κ2) is 6.05. The van der Waals surface area contributed by atoms with E-state index < -0.39 is 5.60 Å². The molecule has 0 spiro atoms. The zero-order chi connectivity index (χ0) is 11.1. The molecule has 0 aromatic heterocycles. The second-order valence-electron chi connectivity index (χ2n) is 3.98. The van der Waals surface area contributed by atoms with Crippen LogP contribution in [-0.4, -0.2) is 49.5 Å². The van der Waals surface area contributed by atoms with Gasteiger partial charge in [0.25, 0.3) is 0 Å². The maximum Gasteiger partial charge on any atom is 0.234 e. The zero-order valence-corrected chi connectivity index (χ0v) is 9.21. The van der Waals surface area contributed by atoms with Crippen molar-refractivity contribution in [3.63, 3.8) is 0 Å². The average molecular weight is 216 g/mol. The van der Waals surface area contributed by atoms with E-state index in [0.717, 1.165) is 13.0 Å². The van der Waals surface area contributed by atoms with Crippen molar-refractivity contribution in [2.45, 2.75) is 25.4 Å². The van der Waals surface area contributed by atoms with E-state index in [4.69, 9.17) is 4.74 Å². The van der Waals surface area contributed by atoms with Crippen LogP contribution in [0.4, 0.5) is 0 Å². The van der Waals surface area contributed by atoms with Crippen molar-refractivity contribution in [2.75, 3.05) is 32.8 Å². The molecule has 1 fully saturated rings. The van der Waals surface area contributed by atoms with Gasteiger partial charge in [0.2, 0.25) is 5.91 Å². The maximum atomic E-state index is 11.3. The molecule has 5 heteroatoms. The topological polar surface area (TPSA) is 70.6 Å². The third-order valence-electron chi connectivity index (χ3n) is 2.41. The minimum absolute atomic E-state index is 0.0798. The van der Waals surface area contributed by atoms with E-state index in [2.05, 4.69) is 10.6 Å².